The molecular weight excluding hydrogens is 224 g/mol. The second kappa shape index (κ2) is 6.36. The molecule has 0 saturated carbocycles. The minimum atomic E-state index is -0.0739. The lowest BCUT2D eigenvalue weighted by atomic mass is 9.77. The summed E-state index contributed by atoms with van der Waals surface area (Å²) in [7, 11) is 1.79. The number of nitrogens with two attached hydrogens (primary N) is 1. The van der Waals surface area contributed by atoms with Crippen molar-refractivity contribution in [3.8, 4) is 0 Å². The van der Waals surface area contributed by atoms with Gasteiger partial charge < -0.3 is 10.5 Å². The molecule has 0 spiro atoms. The van der Waals surface area contributed by atoms with Crippen LogP contribution >= 0.6 is 0 Å². The van der Waals surface area contributed by atoms with E-state index in [0.29, 0.717) is 11.5 Å². The Morgan fingerprint density at radius 2 is 1.89 bits per heavy atom. The van der Waals surface area contributed by atoms with Crippen molar-refractivity contribution in [2.75, 3.05) is 26.7 Å². The van der Waals surface area contributed by atoms with Crippen LogP contribution in [0.1, 0.15) is 53.4 Å². The van der Waals surface area contributed by atoms with Crippen molar-refractivity contribution in [3.63, 3.8) is 0 Å². The van der Waals surface area contributed by atoms with Gasteiger partial charge in [-0.25, -0.2) is 0 Å². The highest BCUT2D eigenvalue weighted by Crippen LogP contribution is 2.35. The van der Waals surface area contributed by atoms with Gasteiger partial charge in [-0.3, -0.25) is 4.90 Å². The van der Waals surface area contributed by atoms with Gasteiger partial charge >= 0.3 is 0 Å². The number of hydrogen-bond donors (Lipinski definition) is 1. The largest absolute Gasteiger partial charge is 0.379 e. The summed E-state index contributed by atoms with van der Waals surface area (Å²) in [5.74, 6) is 0. The molecular formula is C15H32N2O. The van der Waals surface area contributed by atoms with Gasteiger partial charge in [0, 0.05) is 19.7 Å². The van der Waals surface area contributed by atoms with Gasteiger partial charge in [-0.1, -0.05) is 20.3 Å². The number of ether oxygens (including phenoxy) is 1. The van der Waals surface area contributed by atoms with Gasteiger partial charge in [0.1, 0.15) is 0 Å². The standard InChI is InChI=1S/C15H32N2O/c1-6-15(4)7-9-17(10-8-15)13(12-16)11-14(2,3)18-5/h13H,6-12,16H2,1-5H3. The van der Waals surface area contributed by atoms with Crippen molar-refractivity contribution in [3.05, 3.63) is 0 Å². The van der Waals surface area contributed by atoms with E-state index in [4.69, 9.17) is 10.5 Å². The fourth-order valence-electron chi connectivity index (χ4n) is 2.79. The minimum Gasteiger partial charge on any atom is -0.379 e. The maximum atomic E-state index is 5.97. The van der Waals surface area contributed by atoms with E-state index < -0.39 is 0 Å². The molecule has 1 rings (SSSR count). The molecule has 0 radical (unpaired) electrons. The zero-order valence-corrected chi connectivity index (χ0v) is 13.0. The highest BCUT2D eigenvalue weighted by atomic mass is 16.5. The monoisotopic (exact) mass is 256 g/mol. The first kappa shape index (κ1) is 15.9. The van der Waals surface area contributed by atoms with Crippen molar-refractivity contribution in [2.45, 2.75) is 65.0 Å². The van der Waals surface area contributed by atoms with Crippen molar-refractivity contribution in [1.82, 2.24) is 4.90 Å². The van der Waals surface area contributed by atoms with Gasteiger partial charge in [0.25, 0.3) is 0 Å². The van der Waals surface area contributed by atoms with Gasteiger partial charge in [0.2, 0.25) is 0 Å². The third kappa shape index (κ3) is 4.22. The number of methoxy groups -OCH3 is 1. The summed E-state index contributed by atoms with van der Waals surface area (Å²) in [5, 5.41) is 0. The van der Waals surface area contributed by atoms with E-state index in [9.17, 15) is 0 Å². The fraction of sp³-hybridized carbons (Fsp3) is 1.00. The molecule has 1 aliphatic rings. The molecule has 0 aromatic heterocycles. The summed E-state index contributed by atoms with van der Waals surface area (Å²) in [4.78, 5) is 2.57. The Labute approximate surface area is 113 Å². The first-order valence-electron chi connectivity index (χ1n) is 7.35. The van der Waals surface area contributed by atoms with Crippen LogP contribution in [-0.2, 0) is 4.74 Å². The summed E-state index contributed by atoms with van der Waals surface area (Å²) >= 11 is 0. The van der Waals surface area contributed by atoms with Gasteiger partial charge in [0.15, 0.2) is 0 Å². The molecule has 0 amide bonds. The molecule has 1 aliphatic heterocycles. The molecule has 18 heavy (non-hydrogen) atoms. The van der Waals surface area contributed by atoms with Gasteiger partial charge in [0.05, 0.1) is 5.60 Å². The molecule has 0 aromatic carbocycles. The lowest BCUT2D eigenvalue weighted by Crippen LogP contribution is -2.50. The average Bonchev–Trinajstić information content (AvgIpc) is 2.37. The molecule has 1 unspecified atom stereocenters. The Bertz CT molecular complexity index is 245. The van der Waals surface area contributed by atoms with E-state index >= 15 is 0 Å². The van der Waals surface area contributed by atoms with Crippen LogP contribution in [-0.4, -0.2) is 43.3 Å². The first-order valence-corrected chi connectivity index (χ1v) is 7.35. The summed E-state index contributed by atoms with van der Waals surface area (Å²) in [6.07, 6.45) is 4.90. The SMILES string of the molecule is CCC1(C)CCN(C(CN)CC(C)(C)OC)CC1. The van der Waals surface area contributed by atoms with Gasteiger partial charge in [-0.05, 0) is 51.6 Å². The van der Waals surface area contributed by atoms with Crippen molar-refractivity contribution in [1.29, 1.82) is 0 Å². The zero-order chi connectivity index (χ0) is 13.8. The fourth-order valence-corrected chi connectivity index (χ4v) is 2.79. The third-order valence-electron chi connectivity index (χ3n) is 4.93. The molecule has 1 heterocycles. The van der Waals surface area contributed by atoms with Crippen LogP contribution in [0.2, 0.25) is 0 Å². The predicted octanol–water partition coefficient (Wildman–Crippen LogP) is 2.64. The second-order valence-electron chi connectivity index (χ2n) is 6.76. The predicted molar refractivity (Wildman–Crippen MR) is 77.8 cm³/mol. The van der Waals surface area contributed by atoms with Crippen LogP contribution in [0.15, 0.2) is 0 Å². The zero-order valence-electron chi connectivity index (χ0n) is 13.0. The first-order chi connectivity index (χ1) is 8.36. The Balaban J connectivity index is 2.53. The van der Waals surface area contributed by atoms with Crippen molar-refractivity contribution < 1.29 is 4.74 Å². The Kier molecular flexibility index (Phi) is 5.63. The van der Waals surface area contributed by atoms with E-state index in [2.05, 4.69) is 32.6 Å². The molecule has 0 aliphatic carbocycles. The van der Waals surface area contributed by atoms with Crippen LogP contribution in [0.4, 0.5) is 0 Å². The van der Waals surface area contributed by atoms with Crippen LogP contribution in [0.3, 0.4) is 0 Å². The molecule has 0 aromatic rings. The van der Waals surface area contributed by atoms with Gasteiger partial charge in [-0.15, -0.1) is 0 Å². The summed E-state index contributed by atoms with van der Waals surface area (Å²) in [6, 6.07) is 0.460. The number of nitrogens with zero attached hydrogens (tertiary/aromatic N) is 1. The van der Waals surface area contributed by atoms with Crippen LogP contribution in [0.5, 0.6) is 0 Å². The van der Waals surface area contributed by atoms with Crippen molar-refractivity contribution >= 4 is 0 Å². The molecule has 2 N–H and O–H groups in total. The highest BCUT2D eigenvalue weighted by Gasteiger charge is 2.33. The summed E-state index contributed by atoms with van der Waals surface area (Å²) in [6.45, 7) is 12.1. The number of likely N-dealkylation sites (tertiary alicyclic amines) is 1. The molecule has 3 nitrogen and oxygen atoms in total. The molecule has 1 atom stereocenters. The third-order valence-corrected chi connectivity index (χ3v) is 4.93. The average molecular weight is 256 g/mol. The van der Waals surface area contributed by atoms with Gasteiger partial charge in [-0.2, -0.15) is 0 Å². The van der Waals surface area contributed by atoms with E-state index in [1.807, 2.05) is 0 Å². The molecule has 1 saturated heterocycles. The normalized spacial score (nSPS) is 23.0. The van der Waals surface area contributed by atoms with E-state index in [1.165, 1.54) is 32.4 Å². The van der Waals surface area contributed by atoms with Crippen LogP contribution in [0, 0.1) is 5.41 Å². The summed E-state index contributed by atoms with van der Waals surface area (Å²) in [5.41, 5.74) is 6.44. The second-order valence-corrected chi connectivity index (χ2v) is 6.76. The van der Waals surface area contributed by atoms with E-state index in [0.717, 1.165) is 13.0 Å². The molecule has 108 valence electrons. The van der Waals surface area contributed by atoms with E-state index in [-0.39, 0.29) is 5.60 Å². The minimum absolute atomic E-state index is 0.0739. The van der Waals surface area contributed by atoms with Crippen molar-refractivity contribution in [2.24, 2.45) is 11.1 Å². The molecule has 1 fully saturated rings. The van der Waals surface area contributed by atoms with Crippen LogP contribution in [0.25, 0.3) is 0 Å². The molecule has 3 heteroatoms. The quantitative estimate of drug-likeness (QED) is 0.794. The summed E-state index contributed by atoms with van der Waals surface area (Å²) < 4.78 is 5.54. The van der Waals surface area contributed by atoms with Crippen LogP contribution < -0.4 is 5.73 Å². The maximum Gasteiger partial charge on any atom is 0.0638 e. The number of hydrogen-bond acceptors (Lipinski definition) is 3. The van der Waals surface area contributed by atoms with E-state index in [1.54, 1.807) is 7.11 Å². The molecule has 0 bridgehead atoms. The Hall–Kier alpha value is -0.120. The Morgan fingerprint density at radius 1 is 1.33 bits per heavy atom. The smallest absolute Gasteiger partial charge is 0.0638 e. The number of rotatable bonds is 6. The Morgan fingerprint density at radius 3 is 2.28 bits per heavy atom. The lowest BCUT2D eigenvalue weighted by molar-refractivity contribution is -0.0169. The number of piperidine rings is 1. The highest BCUT2D eigenvalue weighted by molar-refractivity contribution is 4.87. The lowest BCUT2D eigenvalue weighted by Gasteiger charge is -2.43. The topological polar surface area (TPSA) is 38.5 Å². The maximum absolute atomic E-state index is 5.97.